The number of carbonyl (C=O) groups is 1. The molecule has 3 rings (SSSR count). The van der Waals surface area contributed by atoms with Crippen molar-refractivity contribution in [3.63, 3.8) is 0 Å². The topological polar surface area (TPSA) is 40.5 Å². The Bertz CT molecular complexity index is 674. The molecule has 1 saturated heterocycles. The third-order valence-corrected chi connectivity index (χ3v) is 4.52. The summed E-state index contributed by atoms with van der Waals surface area (Å²) in [6, 6.07) is 14.6. The summed E-state index contributed by atoms with van der Waals surface area (Å²) in [6.45, 7) is 0. The van der Waals surface area contributed by atoms with E-state index in [-0.39, 0.29) is 11.9 Å². The van der Waals surface area contributed by atoms with E-state index in [0.717, 1.165) is 15.7 Å². The molecule has 3 nitrogen and oxygen atoms in total. The lowest BCUT2D eigenvalue weighted by Gasteiger charge is -2.25. The van der Waals surface area contributed by atoms with Crippen molar-refractivity contribution in [2.24, 2.45) is 0 Å². The summed E-state index contributed by atoms with van der Waals surface area (Å²) in [5.41, 5.74) is 1.61. The fourth-order valence-corrected chi connectivity index (χ4v) is 3.18. The normalized spacial score (nSPS) is 21.9. The molecule has 2 aromatic carbocycles. The minimum Gasteiger partial charge on any atom is -0.383 e. The molecule has 1 N–H and O–H groups in total. The van der Waals surface area contributed by atoms with Gasteiger partial charge in [-0.25, -0.2) is 0 Å². The van der Waals surface area contributed by atoms with Crippen molar-refractivity contribution in [3.05, 3.63) is 63.6 Å². The first-order valence-electron chi connectivity index (χ1n) is 6.59. The van der Waals surface area contributed by atoms with E-state index in [2.05, 4.69) is 15.9 Å². The van der Waals surface area contributed by atoms with E-state index in [1.54, 1.807) is 11.0 Å². The molecule has 0 radical (unpaired) electrons. The highest BCUT2D eigenvalue weighted by Gasteiger charge is 2.40. The van der Waals surface area contributed by atoms with Gasteiger partial charge in [0.05, 0.1) is 6.04 Å². The van der Waals surface area contributed by atoms with Gasteiger partial charge in [0.2, 0.25) is 0 Å². The molecular formula is C16H13BrClNO2. The Morgan fingerprint density at radius 2 is 1.81 bits per heavy atom. The third kappa shape index (κ3) is 2.71. The first-order chi connectivity index (χ1) is 10.1. The zero-order valence-corrected chi connectivity index (χ0v) is 13.4. The van der Waals surface area contributed by atoms with Crippen molar-refractivity contribution in [2.75, 3.05) is 4.90 Å². The van der Waals surface area contributed by atoms with E-state index < -0.39 is 6.10 Å². The van der Waals surface area contributed by atoms with E-state index in [1.807, 2.05) is 42.5 Å². The monoisotopic (exact) mass is 365 g/mol. The molecule has 0 saturated carbocycles. The Kier molecular flexibility index (Phi) is 4.02. The lowest BCUT2D eigenvalue weighted by atomic mass is 10.0. The largest absolute Gasteiger partial charge is 0.383 e. The van der Waals surface area contributed by atoms with Crippen LogP contribution in [0, 0.1) is 0 Å². The second-order valence-corrected chi connectivity index (χ2v) is 6.30. The van der Waals surface area contributed by atoms with Gasteiger partial charge in [-0.1, -0.05) is 45.7 Å². The lowest BCUT2D eigenvalue weighted by Crippen LogP contribution is -2.30. The lowest BCUT2D eigenvalue weighted by molar-refractivity contribution is -0.124. The molecule has 0 bridgehead atoms. The number of nitrogens with zero attached hydrogens (tertiary/aromatic N) is 1. The highest BCUT2D eigenvalue weighted by Crippen LogP contribution is 2.39. The van der Waals surface area contributed by atoms with Gasteiger partial charge in [0.1, 0.15) is 6.10 Å². The van der Waals surface area contributed by atoms with Gasteiger partial charge in [-0.2, -0.15) is 0 Å². The van der Waals surface area contributed by atoms with Crippen molar-refractivity contribution in [1.82, 2.24) is 0 Å². The maximum atomic E-state index is 12.3. The first-order valence-corrected chi connectivity index (χ1v) is 7.76. The molecule has 2 atom stereocenters. The minimum absolute atomic E-state index is 0.248. The van der Waals surface area contributed by atoms with Gasteiger partial charge in [0.25, 0.3) is 5.91 Å². The van der Waals surface area contributed by atoms with E-state index >= 15 is 0 Å². The number of halogens is 2. The number of amides is 1. The quantitative estimate of drug-likeness (QED) is 0.874. The van der Waals surface area contributed by atoms with Gasteiger partial charge in [-0.3, -0.25) is 4.79 Å². The third-order valence-electron chi connectivity index (χ3n) is 3.65. The summed E-state index contributed by atoms with van der Waals surface area (Å²) in [5, 5.41) is 10.6. The van der Waals surface area contributed by atoms with Gasteiger partial charge in [-0.15, -0.1) is 0 Å². The Labute approximate surface area is 136 Å². The molecule has 0 aliphatic carbocycles. The van der Waals surface area contributed by atoms with Crippen molar-refractivity contribution in [1.29, 1.82) is 0 Å². The Hall–Kier alpha value is -1.36. The van der Waals surface area contributed by atoms with Crippen molar-refractivity contribution >= 4 is 39.1 Å². The summed E-state index contributed by atoms with van der Waals surface area (Å²) in [5.74, 6) is -0.290. The SMILES string of the molecule is O=C1C(O)CC(c2ccccc2Cl)N1c1ccc(Br)cc1. The van der Waals surface area contributed by atoms with Crippen LogP contribution in [0.25, 0.3) is 0 Å². The number of hydrogen-bond donors (Lipinski definition) is 1. The Morgan fingerprint density at radius 3 is 2.48 bits per heavy atom. The maximum absolute atomic E-state index is 12.3. The zero-order chi connectivity index (χ0) is 15.0. The van der Waals surface area contributed by atoms with Crippen LogP contribution in [-0.4, -0.2) is 17.1 Å². The highest BCUT2D eigenvalue weighted by molar-refractivity contribution is 9.10. The van der Waals surface area contributed by atoms with Crippen LogP contribution in [0.1, 0.15) is 18.0 Å². The molecule has 1 amide bonds. The molecule has 1 fully saturated rings. The molecule has 2 aromatic rings. The number of anilines is 1. The number of benzene rings is 2. The predicted molar refractivity (Wildman–Crippen MR) is 86.4 cm³/mol. The summed E-state index contributed by atoms with van der Waals surface area (Å²) >= 11 is 9.63. The van der Waals surface area contributed by atoms with Crippen LogP contribution in [0.2, 0.25) is 5.02 Å². The molecule has 108 valence electrons. The van der Waals surface area contributed by atoms with E-state index in [9.17, 15) is 9.90 Å². The second kappa shape index (κ2) is 5.79. The number of hydrogen-bond acceptors (Lipinski definition) is 2. The van der Waals surface area contributed by atoms with E-state index in [1.165, 1.54) is 0 Å². The molecule has 1 aliphatic rings. The van der Waals surface area contributed by atoms with Gasteiger partial charge < -0.3 is 10.0 Å². The fraction of sp³-hybridized carbons (Fsp3) is 0.188. The van der Waals surface area contributed by atoms with Gasteiger partial charge in [-0.05, 0) is 35.9 Å². The molecule has 0 aromatic heterocycles. The predicted octanol–water partition coefficient (Wildman–Crippen LogP) is 3.94. The minimum atomic E-state index is -0.991. The highest BCUT2D eigenvalue weighted by atomic mass is 79.9. The Balaban J connectivity index is 2.05. The van der Waals surface area contributed by atoms with Crippen LogP contribution in [0.15, 0.2) is 53.0 Å². The Morgan fingerprint density at radius 1 is 1.14 bits per heavy atom. The van der Waals surface area contributed by atoms with Crippen LogP contribution in [0.4, 0.5) is 5.69 Å². The number of aliphatic hydroxyl groups excluding tert-OH is 1. The van der Waals surface area contributed by atoms with Crippen LogP contribution in [-0.2, 0) is 4.79 Å². The molecule has 2 unspecified atom stereocenters. The van der Waals surface area contributed by atoms with Gasteiger partial charge in [0, 0.05) is 21.6 Å². The average Bonchev–Trinajstić information content (AvgIpc) is 2.76. The van der Waals surface area contributed by atoms with Crippen LogP contribution >= 0.6 is 27.5 Å². The second-order valence-electron chi connectivity index (χ2n) is 4.97. The van der Waals surface area contributed by atoms with Crippen LogP contribution < -0.4 is 4.90 Å². The van der Waals surface area contributed by atoms with Crippen molar-refractivity contribution in [3.8, 4) is 0 Å². The molecule has 5 heteroatoms. The summed E-state index contributed by atoms with van der Waals surface area (Å²) in [7, 11) is 0. The number of carbonyl (C=O) groups excluding carboxylic acids is 1. The van der Waals surface area contributed by atoms with Crippen molar-refractivity contribution < 1.29 is 9.90 Å². The smallest absolute Gasteiger partial charge is 0.256 e. The number of aliphatic hydroxyl groups is 1. The van der Waals surface area contributed by atoms with Gasteiger partial charge in [0.15, 0.2) is 0 Å². The van der Waals surface area contributed by atoms with Crippen molar-refractivity contribution in [2.45, 2.75) is 18.6 Å². The number of rotatable bonds is 2. The van der Waals surface area contributed by atoms with Crippen LogP contribution in [0.3, 0.4) is 0 Å². The molecular weight excluding hydrogens is 354 g/mol. The van der Waals surface area contributed by atoms with Gasteiger partial charge >= 0.3 is 0 Å². The average molecular weight is 367 g/mol. The fourth-order valence-electron chi connectivity index (χ4n) is 2.65. The molecule has 1 heterocycles. The zero-order valence-electron chi connectivity index (χ0n) is 11.0. The van der Waals surface area contributed by atoms with E-state index in [4.69, 9.17) is 11.6 Å². The molecule has 0 spiro atoms. The molecule has 1 aliphatic heterocycles. The molecule has 21 heavy (non-hydrogen) atoms. The summed E-state index contributed by atoms with van der Waals surface area (Å²) < 4.78 is 0.938. The van der Waals surface area contributed by atoms with E-state index in [0.29, 0.717) is 11.4 Å². The van der Waals surface area contributed by atoms with Crippen LogP contribution in [0.5, 0.6) is 0 Å². The summed E-state index contributed by atoms with van der Waals surface area (Å²) in [4.78, 5) is 13.9. The standard InChI is InChI=1S/C16H13BrClNO2/c17-10-5-7-11(8-6-10)19-14(9-15(20)16(19)21)12-3-1-2-4-13(12)18/h1-8,14-15,20H,9H2. The summed E-state index contributed by atoms with van der Waals surface area (Å²) in [6.07, 6.45) is -0.645. The maximum Gasteiger partial charge on any atom is 0.256 e. The first kappa shape index (κ1) is 14.6.